The molecule has 0 atom stereocenters. The molecule has 0 bridgehead atoms. The van der Waals surface area contributed by atoms with E-state index in [1.165, 1.54) is 12.1 Å². The highest BCUT2D eigenvalue weighted by atomic mass is 79.9. The summed E-state index contributed by atoms with van der Waals surface area (Å²) in [5, 5.41) is 21.7. The largest absolute Gasteiger partial charge is 0.411 e. The Balaban J connectivity index is 1.63. The van der Waals surface area contributed by atoms with E-state index in [1.54, 1.807) is 12.1 Å². The van der Waals surface area contributed by atoms with Crippen molar-refractivity contribution in [1.29, 1.82) is 0 Å². The van der Waals surface area contributed by atoms with Crippen LogP contribution < -0.4 is 5.32 Å². The molecule has 1 aromatic heterocycles. The number of carbonyl (C=O) groups is 1. The second kappa shape index (κ2) is 8.53. The minimum absolute atomic E-state index is 0.0664. The number of carbonyl (C=O) groups excluding carboxylic acids is 1. The van der Waals surface area contributed by atoms with Crippen LogP contribution in [0.5, 0.6) is 0 Å². The van der Waals surface area contributed by atoms with E-state index in [2.05, 4.69) is 31.4 Å². The molecule has 0 saturated heterocycles. The molecule has 0 aliphatic heterocycles. The Morgan fingerprint density at radius 2 is 2.00 bits per heavy atom. The number of nitro groups is 1. The summed E-state index contributed by atoms with van der Waals surface area (Å²) in [4.78, 5) is 22.6. The minimum Gasteiger partial charge on any atom is -0.411 e. The second-order valence-electron chi connectivity index (χ2n) is 5.93. The number of nitrogens with one attached hydrogen (secondary N) is 1. The number of benzene rings is 2. The highest BCUT2D eigenvalue weighted by molar-refractivity contribution is 9.10. The van der Waals surface area contributed by atoms with E-state index < -0.39 is 4.92 Å². The number of rotatable bonds is 6. The van der Waals surface area contributed by atoms with Gasteiger partial charge in [-0.2, -0.15) is 0 Å². The summed E-state index contributed by atoms with van der Waals surface area (Å²) in [6.45, 7) is 3.97. The predicted molar refractivity (Wildman–Crippen MR) is 109 cm³/mol. The van der Waals surface area contributed by atoms with Gasteiger partial charge in [0.15, 0.2) is 0 Å². The molecule has 1 amide bonds. The van der Waals surface area contributed by atoms with Crippen molar-refractivity contribution in [2.45, 2.75) is 19.1 Å². The molecule has 0 aliphatic carbocycles. The van der Waals surface area contributed by atoms with Crippen LogP contribution in [0.2, 0.25) is 0 Å². The average molecular weight is 463 g/mol. The number of thioether (sulfide) groups is 1. The van der Waals surface area contributed by atoms with Crippen LogP contribution in [0, 0.1) is 24.0 Å². The first-order valence-electron chi connectivity index (χ1n) is 8.11. The van der Waals surface area contributed by atoms with Gasteiger partial charge in [0.25, 0.3) is 10.9 Å². The number of anilines is 1. The fourth-order valence-corrected chi connectivity index (χ4v) is 3.45. The van der Waals surface area contributed by atoms with E-state index in [1.807, 2.05) is 26.0 Å². The molecule has 1 N–H and O–H groups in total. The Kier molecular flexibility index (Phi) is 6.10. The molecule has 1 heterocycles. The van der Waals surface area contributed by atoms with Crippen molar-refractivity contribution in [2.75, 3.05) is 11.1 Å². The molecule has 8 nitrogen and oxygen atoms in total. The van der Waals surface area contributed by atoms with Crippen molar-refractivity contribution in [3.63, 3.8) is 0 Å². The number of nitrogens with zero attached hydrogens (tertiary/aromatic N) is 3. The van der Waals surface area contributed by atoms with E-state index in [0.717, 1.165) is 27.4 Å². The van der Waals surface area contributed by atoms with Gasteiger partial charge in [0, 0.05) is 22.2 Å². The van der Waals surface area contributed by atoms with Gasteiger partial charge < -0.3 is 9.73 Å². The van der Waals surface area contributed by atoms with Gasteiger partial charge in [-0.05, 0) is 59.1 Å². The lowest BCUT2D eigenvalue weighted by Gasteiger charge is -2.09. The molecular formula is C18H15BrN4O4S. The van der Waals surface area contributed by atoms with Crippen molar-refractivity contribution >= 4 is 45.0 Å². The minimum atomic E-state index is -0.495. The van der Waals surface area contributed by atoms with E-state index in [4.69, 9.17) is 4.42 Å². The van der Waals surface area contributed by atoms with Crippen LogP contribution >= 0.6 is 27.7 Å². The molecule has 3 aromatic rings. The van der Waals surface area contributed by atoms with E-state index in [0.29, 0.717) is 11.3 Å². The average Bonchev–Trinajstić information content (AvgIpc) is 3.13. The quantitative estimate of drug-likeness (QED) is 0.319. The topological polar surface area (TPSA) is 111 Å². The number of hydrogen-bond acceptors (Lipinski definition) is 7. The maximum atomic E-state index is 12.2. The summed E-state index contributed by atoms with van der Waals surface area (Å²) < 4.78 is 6.30. The van der Waals surface area contributed by atoms with Crippen molar-refractivity contribution in [3.8, 4) is 11.5 Å². The second-order valence-corrected chi connectivity index (χ2v) is 7.71. The predicted octanol–water partition coefficient (Wildman–Crippen LogP) is 4.75. The molecule has 10 heteroatoms. The van der Waals surface area contributed by atoms with Crippen LogP contribution in [0.1, 0.15) is 11.1 Å². The lowest BCUT2D eigenvalue weighted by atomic mass is 10.1. The number of aryl methyl sites for hydroxylation is 2. The third-order valence-electron chi connectivity index (χ3n) is 3.89. The molecule has 144 valence electrons. The Labute approximate surface area is 173 Å². The Morgan fingerprint density at radius 3 is 2.75 bits per heavy atom. The van der Waals surface area contributed by atoms with Crippen molar-refractivity contribution < 1.29 is 14.1 Å². The zero-order valence-electron chi connectivity index (χ0n) is 14.9. The van der Waals surface area contributed by atoms with Crippen molar-refractivity contribution in [2.24, 2.45) is 0 Å². The molecule has 0 fully saturated rings. The van der Waals surface area contributed by atoms with Gasteiger partial charge in [0.2, 0.25) is 11.8 Å². The van der Waals surface area contributed by atoms with Gasteiger partial charge in [-0.15, -0.1) is 10.2 Å². The Morgan fingerprint density at radius 1 is 1.25 bits per heavy atom. The summed E-state index contributed by atoms with van der Waals surface area (Å²) in [5.74, 6) is 0.0169. The van der Waals surface area contributed by atoms with Crippen LogP contribution in [-0.4, -0.2) is 26.8 Å². The van der Waals surface area contributed by atoms with Crippen molar-refractivity contribution in [1.82, 2.24) is 10.2 Å². The molecule has 0 radical (unpaired) electrons. The fourth-order valence-electron chi connectivity index (χ4n) is 2.33. The monoisotopic (exact) mass is 462 g/mol. The van der Waals surface area contributed by atoms with Gasteiger partial charge in [0.1, 0.15) is 0 Å². The van der Waals surface area contributed by atoms with E-state index in [-0.39, 0.29) is 28.5 Å². The molecule has 0 aliphatic rings. The Bertz CT molecular complexity index is 1050. The third-order valence-corrected chi connectivity index (χ3v) is 5.37. The van der Waals surface area contributed by atoms with Gasteiger partial charge in [-0.1, -0.05) is 17.8 Å². The lowest BCUT2D eigenvalue weighted by molar-refractivity contribution is -0.384. The lowest BCUT2D eigenvalue weighted by Crippen LogP contribution is -2.14. The number of aromatic nitrogens is 2. The number of halogens is 1. The molecule has 28 heavy (non-hydrogen) atoms. The van der Waals surface area contributed by atoms with Gasteiger partial charge in [-0.3, -0.25) is 14.9 Å². The summed E-state index contributed by atoms with van der Waals surface area (Å²) in [6.07, 6.45) is 0. The highest BCUT2D eigenvalue weighted by Gasteiger charge is 2.15. The standard InChI is InChI=1S/C18H15BrN4O4S/c1-10-6-14(19)15(7-11(10)2)20-16(24)9-28-18-22-21-17(27-18)12-4-3-5-13(8-12)23(25)26/h3-8H,9H2,1-2H3,(H,20,24). The van der Waals surface area contributed by atoms with Crippen LogP contribution in [0.25, 0.3) is 11.5 Å². The summed E-state index contributed by atoms with van der Waals surface area (Å²) in [6, 6.07) is 9.76. The summed E-state index contributed by atoms with van der Waals surface area (Å²) in [5.41, 5.74) is 3.26. The van der Waals surface area contributed by atoms with Gasteiger partial charge >= 0.3 is 0 Å². The van der Waals surface area contributed by atoms with Crippen LogP contribution in [0.15, 0.2) is 50.5 Å². The zero-order valence-corrected chi connectivity index (χ0v) is 17.3. The van der Waals surface area contributed by atoms with Crippen molar-refractivity contribution in [3.05, 3.63) is 62.1 Å². The SMILES string of the molecule is Cc1cc(Br)c(NC(=O)CSc2nnc(-c3cccc([N+](=O)[O-])c3)o2)cc1C. The smallest absolute Gasteiger partial charge is 0.277 e. The number of hydrogen-bond donors (Lipinski definition) is 1. The molecule has 3 rings (SSSR count). The first-order valence-corrected chi connectivity index (χ1v) is 9.89. The van der Waals surface area contributed by atoms with E-state index in [9.17, 15) is 14.9 Å². The maximum absolute atomic E-state index is 12.2. The molecule has 0 saturated carbocycles. The molecule has 2 aromatic carbocycles. The zero-order chi connectivity index (χ0) is 20.3. The third kappa shape index (κ3) is 4.76. The maximum Gasteiger partial charge on any atom is 0.277 e. The van der Waals surface area contributed by atoms with Gasteiger partial charge in [-0.25, -0.2) is 0 Å². The van der Waals surface area contributed by atoms with E-state index >= 15 is 0 Å². The molecule has 0 spiro atoms. The summed E-state index contributed by atoms with van der Waals surface area (Å²) in [7, 11) is 0. The van der Waals surface area contributed by atoms with Gasteiger partial charge in [0.05, 0.1) is 16.4 Å². The summed E-state index contributed by atoms with van der Waals surface area (Å²) >= 11 is 4.53. The molecule has 0 unspecified atom stereocenters. The Hall–Kier alpha value is -2.72. The van der Waals surface area contributed by atoms with Crippen LogP contribution in [0.3, 0.4) is 0 Å². The number of nitro benzene ring substituents is 1. The van der Waals surface area contributed by atoms with Crippen LogP contribution in [-0.2, 0) is 4.79 Å². The first-order chi connectivity index (χ1) is 13.3. The normalized spacial score (nSPS) is 10.7. The number of non-ortho nitro benzene ring substituents is 1. The van der Waals surface area contributed by atoms with Crippen LogP contribution in [0.4, 0.5) is 11.4 Å². The molecular weight excluding hydrogens is 448 g/mol. The number of amides is 1. The first kappa shape index (κ1) is 20.0. The fraction of sp³-hybridized carbons (Fsp3) is 0.167. The highest BCUT2D eigenvalue weighted by Crippen LogP contribution is 2.28.